The van der Waals surface area contributed by atoms with Crippen LogP contribution >= 0.6 is 47.1 Å². The Morgan fingerprint density at radius 2 is 1.00 bits per heavy atom. The largest absolute Gasteiger partial charge is 0.330 e. The zero-order chi connectivity index (χ0) is 25.7. The molecule has 1 aliphatic carbocycles. The van der Waals surface area contributed by atoms with E-state index in [9.17, 15) is 9.13 Å². The normalized spacial score (nSPS) is 14.7. The molecule has 0 saturated carbocycles. The van der Waals surface area contributed by atoms with Gasteiger partial charge < -0.3 is 18.1 Å². The van der Waals surface area contributed by atoms with Gasteiger partial charge in [-0.3, -0.25) is 9.13 Å². The van der Waals surface area contributed by atoms with Gasteiger partial charge in [0.25, 0.3) is 0 Å². The predicted octanol–water partition coefficient (Wildman–Crippen LogP) is 8.79. The van der Waals surface area contributed by atoms with Crippen LogP contribution in [0.2, 0.25) is 0 Å². The van der Waals surface area contributed by atoms with Crippen molar-refractivity contribution in [2.75, 3.05) is 38.8 Å². The van der Waals surface area contributed by atoms with Crippen LogP contribution in [0, 0.1) is 0 Å². The van der Waals surface area contributed by atoms with E-state index in [2.05, 4.69) is 56.1 Å². The highest BCUT2D eigenvalue weighted by atomic mass is 79.9. The monoisotopic (exact) mass is 650 g/mol. The lowest BCUT2D eigenvalue weighted by Crippen LogP contribution is -2.29. The number of rotatable bonds is 14. The summed E-state index contributed by atoms with van der Waals surface area (Å²) in [6.45, 7) is 8.48. The summed E-state index contributed by atoms with van der Waals surface area (Å²) >= 11 is 7.28. The van der Waals surface area contributed by atoms with Crippen molar-refractivity contribution in [1.29, 1.82) is 0 Å². The van der Waals surface area contributed by atoms with E-state index in [0.29, 0.717) is 39.3 Å². The van der Waals surface area contributed by atoms with Crippen LogP contribution in [0.4, 0.5) is 0 Å². The second-order valence-corrected chi connectivity index (χ2v) is 14.5. The molecule has 0 radical (unpaired) electrons. The molecule has 2 aromatic carbocycles. The van der Waals surface area contributed by atoms with Crippen molar-refractivity contribution >= 4 is 47.1 Å². The summed E-state index contributed by atoms with van der Waals surface area (Å²) in [6.07, 6.45) is 1.46. The lowest BCUT2D eigenvalue weighted by atomic mass is 9.74. The first-order valence-corrected chi connectivity index (χ1v) is 17.1. The lowest BCUT2D eigenvalue weighted by Gasteiger charge is -2.34. The van der Waals surface area contributed by atoms with Crippen LogP contribution in [0.1, 0.15) is 51.7 Å². The zero-order valence-corrected chi connectivity index (χ0v) is 25.7. The van der Waals surface area contributed by atoms with Gasteiger partial charge in [-0.2, -0.15) is 0 Å². The van der Waals surface area contributed by atoms with E-state index in [-0.39, 0.29) is 12.3 Å². The van der Waals surface area contributed by atoms with E-state index in [1.807, 2.05) is 39.8 Å². The van der Waals surface area contributed by atoms with Crippen molar-refractivity contribution in [1.82, 2.24) is 0 Å². The van der Waals surface area contributed by atoms with Gasteiger partial charge >= 0.3 is 15.2 Å². The van der Waals surface area contributed by atoms with Gasteiger partial charge in [-0.15, -0.1) is 0 Å². The molecular weight excluding hydrogens is 618 g/mol. The van der Waals surface area contributed by atoms with E-state index in [1.165, 1.54) is 0 Å². The third-order valence-electron chi connectivity index (χ3n) is 6.21. The third kappa shape index (κ3) is 6.59. The molecule has 0 saturated heterocycles. The highest BCUT2D eigenvalue weighted by Gasteiger charge is 2.46. The highest BCUT2D eigenvalue weighted by molar-refractivity contribution is 9.10. The molecule has 0 amide bonds. The molecule has 10 heteroatoms. The quantitative estimate of drug-likeness (QED) is 0.190. The Morgan fingerprint density at radius 1 is 0.657 bits per heavy atom. The van der Waals surface area contributed by atoms with Gasteiger partial charge in [0.1, 0.15) is 0 Å². The van der Waals surface area contributed by atoms with Crippen molar-refractivity contribution in [3.63, 3.8) is 0 Å². The minimum atomic E-state index is -3.31. The summed E-state index contributed by atoms with van der Waals surface area (Å²) in [5.74, 6) is 0. The molecule has 0 aromatic heterocycles. The minimum Gasteiger partial charge on any atom is -0.309 e. The van der Waals surface area contributed by atoms with Gasteiger partial charge in [-0.1, -0.05) is 44.0 Å². The summed E-state index contributed by atoms with van der Waals surface area (Å²) in [4.78, 5) is 0. The molecule has 35 heavy (non-hydrogen) atoms. The smallest absolute Gasteiger partial charge is 0.309 e. The standard InChI is InChI=1S/C25H34Br2O6P2/c1-5-30-34(28,31-6-2)15-13-25(14-16-35(29,32-7-3)33-8-4)23-17-19(26)9-11-21(23)22-12-10-20(27)18-24(22)25/h9-12,17-18H,5-8,13-16H2,1-4H3. The van der Waals surface area contributed by atoms with Crippen molar-refractivity contribution in [3.05, 3.63) is 56.5 Å². The highest BCUT2D eigenvalue weighted by Crippen LogP contribution is 2.60. The molecule has 0 bridgehead atoms. The van der Waals surface area contributed by atoms with Crippen molar-refractivity contribution in [3.8, 4) is 11.1 Å². The van der Waals surface area contributed by atoms with Gasteiger partial charge in [-0.25, -0.2) is 0 Å². The molecule has 0 heterocycles. The lowest BCUT2D eigenvalue weighted by molar-refractivity contribution is 0.215. The van der Waals surface area contributed by atoms with Gasteiger partial charge in [0.15, 0.2) is 0 Å². The maximum Gasteiger partial charge on any atom is 0.330 e. The summed E-state index contributed by atoms with van der Waals surface area (Å²) in [7, 11) is -6.61. The first-order chi connectivity index (χ1) is 16.7. The molecule has 1 aliphatic rings. The molecule has 194 valence electrons. The maximum absolute atomic E-state index is 13.5. The number of halogens is 2. The average Bonchev–Trinajstić information content (AvgIpc) is 3.06. The van der Waals surface area contributed by atoms with E-state index >= 15 is 0 Å². The first-order valence-electron chi connectivity index (χ1n) is 12.0. The van der Waals surface area contributed by atoms with E-state index in [0.717, 1.165) is 31.2 Å². The Labute approximate surface area is 225 Å². The van der Waals surface area contributed by atoms with Gasteiger partial charge in [0, 0.05) is 14.4 Å². The van der Waals surface area contributed by atoms with Crippen LogP contribution in [0.25, 0.3) is 11.1 Å². The van der Waals surface area contributed by atoms with Crippen LogP contribution < -0.4 is 0 Å². The summed E-state index contributed by atoms with van der Waals surface area (Å²) in [5.41, 5.74) is 3.84. The van der Waals surface area contributed by atoms with E-state index in [1.54, 1.807) is 0 Å². The fourth-order valence-corrected chi connectivity index (χ4v) is 9.15. The van der Waals surface area contributed by atoms with Crippen LogP contribution in [0.15, 0.2) is 45.3 Å². The fraction of sp³-hybridized carbons (Fsp3) is 0.520. The maximum atomic E-state index is 13.5. The second-order valence-electron chi connectivity index (χ2n) is 8.30. The SMILES string of the molecule is CCOP(=O)(CCC1(CCP(=O)(OCC)OCC)c2cc(Br)ccc2-c2ccc(Br)cc21)OCC. The molecule has 6 nitrogen and oxygen atoms in total. The number of hydrogen-bond acceptors (Lipinski definition) is 6. The fourth-order valence-electron chi connectivity index (χ4n) is 4.88. The molecule has 2 aromatic rings. The van der Waals surface area contributed by atoms with Gasteiger partial charge in [0.05, 0.1) is 38.8 Å². The van der Waals surface area contributed by atoms with E-state index in [4.69, 9.17) is 18.1 Å². The predicted molar refractivity (Wildman–Crippen MR) is 149 cm³/mol. The molecular formula is C25H34Br2O6P2. The van der Waals surface area contributed by atoms with Crippen molar-refractivity contribution in [2.45, 2.75) is 46.0 Å². The Morgan fingerprint density at radius 3 is 1.31 bits per heavy atom. The Bertz CT molecular complexity index is 1020. The minimum absolute atomic E-state index is 0.236. The number of hydrogen-bond donors (Lipinski definition) is 0. The molecule has 3 rings (SSSR count). The van der Waals surface area contributed by atoms with Crippen LogP contribution in [-0.2, 0) is 32.6 Å². The van der Waals surface area contributed by atoms with Crippen molar-refractivity contribution in [2.24, 2.45) is 0 Å². The summed E-state index contributed by atoms with van der Waals surface area (Å²) in [5, 5.41) is 0. The Balaban J connectivity index is 2.15. The van der Waals surface area contributed by atoms with Crippen LogP contribution in [0.5, 0.6) is 0 Å². The topological polar surface area (TPSA) is 71.1 Å². The summed E-state index contributed by atoms with van der Waals surface area (Å²) in [6, 6.07) is 12.5. The number of benzene rings is 2. The van der Waals surface area contributed by atoms with Gasteiger partial charge in [-0.05, 0) is 87.1 Å². The molecule has 0 unspecified atom stereocenters. The van der Waals surface area contributed by atoms with E-state index < -0.39 is 20.6 Å². The molecule has 0 spiro atoms. The molecule has 0 aliphatic heterocycles. The Kier molecular flexibility index (Phi) is 10.4. The molecule has 0 N–H and O–H groups in total. The third-order valence-corrected chi connectivity index (χ3v) is 11.3. The molecule has 0 atom stereocenters. The van der Waals surface area contributed by atoms with Crippen molar-refractivity contribution < 1.29 is 27.2 Å². The number of fused-ring (bicyclic) bond motifs is 3. The molecule has 0 fully saturated rings. The van der Waals surface area contributed by atoms with Crippen LogP contribution in [-0.4, -0.2) is 38.8 Å². The first kappa shape index (κ1) is 29.3. The van der Waals surface area contributed by atoms with Gasteiger partial charge in [0.2, 0.25) is 0 Å². The van der Waals surface area contributed by atoms with Crippen LogP contribution in [0.3, 0.4) is 0 Å². The zero-order valence-electron chi connectivity index (χ0n) is 20.7. The average molecular weight is 652 g/mol. The second kappa shape index (κ2) is 12.5. The Hall–Kier alpha value is -0.300. The summed E-state index contributed by atoms with van der Waals surface area (Å²) < 4.78 is 51.4.